The molecular weight excluding hydrogens is 372 g/mol. The fraction of sp³-hybridized carbons (Fsp3) is 0.286. The zero-order chi connectivity index (χ0) is 21.0. The van der Waals surface area contributed by atoms with Gasteiger partial charge in [-0.3, -0.25) is 25.3 Å². The Morgan fingerprint density at radius 3 is 2.38 bits per heavy atom. The Balaban J connectivity index is 1.59. The Bertz CT molecular complexity index is 922. The summed E-state index contributed by atoms with van der Waals surface area (Å²) in [5, 5.41) is 2.56. The van der Waals surface area contributed by atoms with Crippen LogP contribution in [0.3, 0.4) is 0 Å². The second kappa shape index (κ2) is 8.22. The normalized spacial score (nSPS) is 12.7. The molecule has 0 aromatic heterocycles. The van der Waals surface area contributed by atoms with Gasteiger partial charge in [-0.1, -0.05) is 18.2 Å². The highest BCUT2D eigenvalue weighted by Gasteiger charge is 2.29. The van der Waals surface area contributed by atoms with Crippen molar-refractivity contribution in [3.63, 3.8) is 0 Å². The van der Waals surface area contributed by atoms with Gasteiger partial charge >= 0.3 is 17.9 Å². The van der Waals surface area contributed by atoms with Gasteiger partial charge in [0.25, 0.3) is 0 Å². The van der Waals surface area contributed by atoms with E-state index in [0.29, 0.717) is 24.3 Å². The molecule has 152 valence electrons. The zero-order valence-corrected chi connectivity index (χ0v) is 16.6. The highest BCUT2D eigenvalue weighted by molar-refractivity contribution is 6.39. The molecule has 2 aromatic carbocycles. The lowest BCUT2D eigenvalue weighted by molar-refractivity contribution is -0.135. The van der Waals surface area contributed by atoms with Gasteiger partial charge in [-0.2, -0.15) is 0 Å². The summed E-state index contributed by atoms with van der Waals surface area (Å²) in [5.41, 5.74) is 7.23. The molecule has 8 nitrogen and oxygen atoms in total. The van der Waals surface area contributed by atoms with Crippen LogP contribution in [0.1, 0.15) is 26.3 Å². The van der Waals surface area contributed by atoms with E-state index in [1.165, 1.54) is 0 Å². The Labute approximate surface area is 169 Å². The first-order valence-corrected chi connectivity index (χ1v) is 9.29. The van der Waals surface area contributed by atoms with E-state index >= 15 is 0 Å². The Kier molecular flexibility index (Phi) is 5.72. The van der Waals surface area contributed by atoms with Gasteiger partial charge < -0.3 is 10.1 Å². The molecule has 3 N–H and O–H groups in total. The summed E-state index contributed by atoms with van der Waals surface area (Å²) in [4.78, 5) is 38.0. The number of nitrogens with zero attached hydrogens (tertiary/aromatic N) is 1. The molecule has 0 saturated heterocycles. The second-order valence-corrected chi connectivity index (χ2v) is 7.62. The first-order chi connectivity index (χ1) is 13.7. The van der Waals surface area contributed by atoms with E-state index < -0.39 is 23.5 Å². The van der Waals surface area contributed by atoms with E-state index in [1.54, 1.807) is 47.4 Å². The minimum absolute atomic E-state index is 0.403. The number of para-hydroxylation sites is 1. The van der Waals surface area contributed by atoms with Gasteiger partial charge in [0.2, 0.25) is 0 Å². The molecule has 0 unspecified atom stereocenters. The van der Waals surface area contributed by atoms with E-state index in [-0.39, 0.29) is 0 Å². The Morgan fingerprint density at radius 2 is 1.69 bits per heavy atom. The van der Waals surface area contributed by atoms with Crippen molar-refractivity contribution in [1.82, 2.24) is 5.43 Å². The summed E-state index contributed by atoms with van der Waals surface area (Å²) < 4.78 is 5.43. The average molecular weight is 396 g/mol. The summed E-state index contributed by atoms with van der Waals surface area (Å²) in [6.45, 7) is 5.96. The number of hydrazine groups is 1. The molecule has 0 aliphatic carbocycles. The second-order valence-electron chi connectivity index (χ2n) is 7.62. The van der Waals surface area contributed by atoms with Gasteiger partial charge in [-0.25, -0.2) is 4.79 Å². The van der Waals surface area contributed by atoms with E-state index in [9.17, 15) is 14.4 Å². The zero-order valence-electron chi connectivity index (χ0n) is 16.6. The molecule has 2 aromatic rings. The fourth-order valence-electron chi connectivity index (χ4n) is 2.88. The van der Waals surface area contributed by atoms with Crippen LogP contribution in [-0.2, 0) is 20.7 Å². The van der Waals surface area contributed by atoms with Gasteiger partial charge in [0.15, 0.2) is 0 Å². The highest BCUT2D eigenvalue weighted by Crippen LogP contribution is 2.31. The summed E-state index contributed by atoms with van der Waals surface area (Å²) in [6.07, 6.45) is 0.236. The number of hydrogen-bond donors (Lipinski definition) is 3. The lowest BCUT2D eigenvalue weighted by Gasteiger charge is -2.24. The minimum Gasteiger partial charge on any atom is -0.443 e. The Hall–Kier alpha value is -3.55. The summed E-state index contributed by atoms with van der Waals surface area (Å²) in [6, 6.07) is 14.1. The average Bonchev–Trinajstić information content (AvgIpc) is 3.09. The number of benzene rings is 2. The predicted molar refractivity (Wildman–Crippen MR) is 111 cm³/mol. The van der Waals surface area contributed by atoms with Crippen LogP contribution < -0.4 is 21.1 Å². The van der Waals surface area contributed by atoms with Crippen LogP contribution in [0.5, 0.6) is 0 Å². The molecular formula is C21H24N4O4. The van der Waals surface area contributed by atoms with Gasteiger partial charge in [0.1, 0.15) is 5.60 Å². The van der Waals surface area contributed by atoms with Gasteiger partial charge in [-0.05, 0) is 63.1 Å². The Morgan fingerprint density at radius 1 is 0.966 bits per heavy atom. The van der Waals surface area contributed by atoms with Crippen molar-refractivity contribution in [2.75, 3.05) is 22.2 Å². The van der Waals surface area contributed by atoms with Crippen LogP contribution >= 0.6 is 0 Å². The summed E-state index contributed by atoms with van der Waals surface area (Å²) in [7, 11) is 0. The number of fused-ring (bicyclic) bond motifs is 1. The fourth-order valence-corrected chi connectivity index (χ4v) is 2.88. The summed E-state index contributed by atoms with van der Waals surface area (Å²) >= 11 is 0. The number of nitrogens with one attached hydrogen (secondary N) is 3. The van der Waals surface area contributed by atoms with E-state index in [2.05, 4.69) is 16.2 Å². The molecule has 0 fully saturated rings. The van der Waals surface area contributed by atoms with E-state index in [1.807, 2.05) is 26.8 Å². The molecule has 8 heteroatoms. The molecule has 1 heterocycles. The van der Waals surface area contributed by atoms with Crippen LogP contribution in [0, 0.1) is 0 Å². The van der Waals surface area contributed by atoms with Crippen molar-refractivity contribution in [3.05, 3.63) is 54.1 Å². The predicted octanol–water partition coefficient (Wildman–Crippen LogP) is 3.07. The third-order valence-corrected chi connectivity index (χ3v) is 4.15. The highest BCUT2D eigenvalue weighted by atomic mass is 16.6. The van der Waals surface area contributed by atoms with Crippen molar-refractivity contribution >= 4 is 35.0 Å². The molecule has 0 saturated carbocycles. The molecule has 0 radical (unpaired) electrons. The van der Waals surface area contributed by atoms with Crippen molar-refractivity contribution in [2.24, 2.45) is 0 Å². The standard InChI is InChI=1S/C21H24N4O4/c1-21(2,3)29-20(28)25-12-11-14-13-16(9-10-17(14)25)22-18(26)19(27)24-23-15-7-5-4-6-8-15/h4-10,13,23H,11-12H2,1-3H3,(H,22,26)(H,24,27). The molecule has 0 bridgehead atoms. The molecule has 0 spiro atoms. The molecule has 0 atom stereocenters. The van der Waals surface area contributed by atoms with Crippen LogP contribution in [0.15, 0.2) is 48.5 Å². The van der Waals surface area contributed by atoms with Crippen molar-refractivity contribution < 1.29 is 19.1 Å². The third kappa shape index (κ3) is 5.25. The lowest BCUT2D eigenvalue weighted by Crippen LogP contribution is -2.38. The van der Waals surface area contributed by atoms with E-state index in [0.717, 1.165) is 11.3 Å². The van der Waals surface area contributed by atoms with Crippen molar-refractivity contribution in [1.29, 1.82) is 0 Å². The number of hydrogen-bond acceptors (Lipinski definition) is 5. The van der Waals surface area contributed by atoms with Crippen LogP contribution in [0.25, 0.3) is 0 Å². The third-order valence-electron chi connectivity index (χ3n) is 4.15. The number of rotatable bonds is 3. The summed E-state index contributed by atoms with van der Waals surface area (Å²) in [5.74, 6) is -1.61. The number of carbonyl (C=O) groups is 3. The number of anilines is 3. The first kappa shape index (κ1) is 20.2. The van der Waals surface area contributed by atoms with Gasteiger partial charge in [0, 0.05) is 12.2 Å². The molecule has 1 aliphatic heterocycles. The van der Waals surface area contributed by atoms with Crippen molar-refractivity contribution in [3.8, 4) is 0 Å². The molecule has 29 heavy (non-hydrogen) atoms. The smallest absolute Gasteiger partial charge is 0.414 e. The van der Waals surface area contributed by atoms with Gasteiger partial charge in [0.05, 0.1) is 11.4 Å². The monoisotopic (exact) mass is 396 g/mol. The minimum atomic E-state index is -0.815. The SMILES string of the molecule is CC(C)(C)OC(=O)N1CCc2cc(NC(=O)C(=O)NNc3ccccc3)ccc21. The van der Waals surface area contributed by atoms with Gasteiger partial charge in [-0.15, -0.1) is 0 Å². The quantitative estimate of drug-likeness (QED) is 0.547. The maximum Gasteiger partial charge on any atom is 0.414 e. The van der Waals surface area contributed by atoms with Crippen molar-refractivity contribution in [2.45, 2.75) is 32.8 Å². The molecule has 3 rings (SSSR count). The first-order valence-electron chi connectivity index (χ1n) is 9.29. The van der Waals surface area contributed by atoms with Crippen LogP contribution in [0.4, 0.5) is 21.9 Å². The maximum absolute atomic E-state index is 12.3. The molecule has 3 amide bonds. The molecule has 1 aliphatic rings. The number of amides is 3. The lowest BCUT2D eigenvalue weighted by atomic mass is 10.1. The largest absolute Gasteiger partial charge is 0.443 e. The number of ether oxygens (including phenoxy) is 1. The van der Waals surface area contributed by atoms with Crippen LogP contribution in [0.2, 0.25) is 0 Å². The van der Waals surface area contributed by atoms with Crippen LogP contribution in [-0.4, -0.2) is 30.1 Å². The maximum atomic E-state index is 12.3. The number of carbonyl (C=O) groups excluding carboxylic acids is 3. The van der Waals surface area contributed by atoms with E-state index in [4.69, 9.17) is 4.74 Å². The topological polar surface area (TPSA) is 99.8 Å².